The lowest BCUT2D eigenvalue weighted by Gasteiger charge is -2.07. The maximum absolute atomic E-state index is 11.8. The number of halogens is 1. The Bertz CT molecular complexity index is 792. The summed E-state index contributed by atoms with van der Waals surface area (Å²) in [7, 11) is 0. The minimum Gasteiger partial charge on any atom is -0.408 e. The summed E-state index contributed by atoms with van der Waals surface area (Å²) >= 11 is 5.92. The van der Waals surface area contributed by atoms with Gasteiger partial charge in [0.05, 0.1) is 5.52 Å². The first-order chi connectivity index (χ1) is 9.74. The Hall–Kier alpha value is -2.20. The van der Waals surface area contributed by atoms with Crippen LogP contribution in [0.1, 0.15) is 0 Å². The van der Waals surface area contributed by atoms with Gasteiger partial charge in [0.2, 0.25) is 0 Å². The van der Waals surface area contributed by atoms with Crippen LogP contribution in [0.3, 0.4) is 0 Å². The fourth-order valence-corrected chi connectivity index (χ4v) is 2.33. The monoisotopic (exact) mass is 288 g/mol. The number of rotatable bonds is 4. The van der Waals surface area contributed by atoms with E-state index < -0.39 is 0 Å². The molecule has 1 N–H and O–H groups in total. The van der Waals surface area contributed by atoms with Gasteiger partial charge in [-0.25, -0.2) is 4.79 Å². The lowest BCUT2D eigenvalue weighted by molar-refractivity contribution is 0.510. The molecule has 0 amide bonds. The van der Waals surface area contributed by atoms with Gasteiger partial charge in [0.15, 0.2) is 5.58 Å². The van der Waals surface area contributed by atoms with E-state index in [4.69, 9.17) is 16.0 Å². The van der Waals surface area contributed by atoms with Gasteiger partial charge in [-0.3, -0.25) is 4.57 Å². The van der Waals surface area contributed by atoms with E-state index in [1.54, 1.807) is 10.6 Å². The van der Waals surface area contributed by atoms with Crippen molar-refractivity contribution in [3.8, 4) is 0 Å². The van der Waals surface area contributed by atoms with Crippen LogP contribution >= 0.6 is 11.6 Å². The highest BCUT2D eigenvalue weighted by molar-refractivity contribution is 6.30. The third-order valence-electron chi connectivity index (χ3n) is 3.06. The van der Waals surface area contributed by atoms with Gasteiger partial charge in [0.1, 0.15) is 0 Å². The molecule has 0 aliphatic heterocycles. The summed E-state index contributed by atoms with van der Waals surface area (Å²) in [6.07, 6.45) is 0. The minimum absolute atomic E-state index is 0.334. The topological polar surface area (TPSA) is 47.2 Å². The zero-order valence-electron chi connectivity index (χ0n) is 10.7. The first kappa shape index (κ1) is 12.8. The molecule has 2 aromatic carbocycles. The predicted octanol–water partition coefficient (Wildman–Crippen LogP) is 3.36. The number of anilines is 1. The Labute approximate surface area is 120 Å². The summed E-state index contributed by atoms with van der Waals surface area (Å²) in [4.78, 5) is 11.8. The zero-order chi connectivity index (χ0) is 13.9. The largest absolute Gasteiger partial charge is 0.420 e. The lowest BCUT2D eigenvalue weighted by atomic mass is 10.3. The van der Waals surface area contributed by atoms with Crippen molar-refractivity contribution in [1.82, 2.24) is 4.57 Å². The number of aromatic nitrogens is 1. The molecule has 102 valence electrons. The second kappa shape index (κ2) is 5.43. The summed E-state index contributed by atoms with van der Waals surface area (Å²) in [5.74, 6) is -0.334. The summed E-state index contributed by atoms with van der Waals surface area (Å²) < 4.78 is 6.80. The van der Waals surface area contributed by atoms with E-state index in [1.165, 1.54) is 0 Å². The second-order valence-electron chi connectivity index (χ2n) is 4.42. The first-order valence-electron chi connectivity index (χ1n) is 6.32. The van der Waals surface area contributed by atoms with Crippen LogP contribution in [0.5, 0.6) is 0 Å². The second-order valence-corrected chi connectivity index (χ2v) is 4.86. The molecule has 0 spiro atoms. The summed E-state index contributed by atoms with van der Waals surface area (Å²) in [6.45, 7) is 1.14. The first-order valence-corrected chi connectivity index (χ1v) is 6.70. The Morgan fingerprint density at radius 3 is 2.85 bits per heavy atom. The van der Waals surface area contributed by atoms with E-state index in [2.05, 4.69) is 5.32 Å². The number of oxazole rings is 1. The smallest absolute Gasteiger partial charge is 0.408 e. The summed E-state index contributed by atoms with van der Waals surface area (Å²) in [5, 5.41) is 3.91. The number of benzene rings is 2. The fourth-order valence-electron chi connectivity index (χ4n) is 2.14. The van der Waals surface area contributed by atoms with Crippen LogP contribution in [0.2, 0.25) is 5.02 Å². The van der Waals surface area contributed by atoms with Gasteiger partial charge in [-0.05, 0) is 30.3 Å². The van der Waals surface area contributed by atoms with Crippen molar-refractivity contribution in [2.24, 2.45) is 0 Å². The molecule has 1 heterocycles. The molecule has 0 aliphatic carbocycles. The van der Waals surface area contributed by atoms with Crippen molar-refractivity contribution >= 4 is 28.4 Å². The molecule has 1 aromatic heterocycles. The molecule has 3 rings (SSSR count). The van der Waals surface area contributed by atoms with Crippen molar-refractivity contribution < 1.29 is 4.42 Å². The Kier molecular flexibility index (Phi) is 3.48. The van der Waals surface area contributed by atoms with Crippen LogP contribution in [0, 0.1) is 0 Å². The van der Waals surface area contributed by atoms with Gasteiger partial charge in [0, 0.05) is 23.8 Å². The van der Waals surface area contributed by atoms with E-state index in [-0.39, 0.29) is 5.76 Å². The van der Waals surface area contributed by atoms with Gasteiger partial charge >= 0.3 is 5.76 Å². The number of nitrogens with one attached hydrogen (secondary N) is 1. The molecule has 4 nitrogen and oxygen atoms in total. The maximum atomic E-state index is 11.8. The van der Waals surface area contributed by atoms with Crippen molar-refractivity contribution in [1.29, 1.82) is 0 Å². The van der Waals surface area contributed by atoms with E-state index in [0.717, 1.165) is 11.2 Å². The van der Waals surface area contributed by atoms with E-state index in [9.17, 15) is 4.79 Å². The highest BCUT2D eigenvalue weighted by Crippen LogP contribution is 2.15. The number of para-hydroxylation sites is 2. The van der Waals surface area contributed by atoms with Gasteiger partial charge in [-0.1, -0.05) is 29.8 Å². The molecule has 0 aliphatic rings. The number of fused-ring (bicyclic) bond motifs is 1. The average molecular weight is 289 g/mol. The third kappa shape index (κ3) is 2.56. The molecule has 0 saturated carbocycles. The van der Waals surface area contributed by atoms with Gasteiger partial charge in [-0.2, -0.15) is 0 Å². The molecule has 5 heteroatoms. The SMILES string of the molecule is O=c1oc2ccccc2n1CCNc1cccc(Cl)c1. The Balaban J connectivity index is 1.74. The average Bonchev–Trinajstić information content (AvgIpc) is 2.75. The van der Waals surface area contributed by atoms with Crippen molar-refractivity contribution in [2.75, 3.05) is 11.9 Å². The van der Waals surface area contributed by atoms with Crippen molar-refractivity contribution in [2.45, 2.75) is 6.54 Å². The molecular weight excluding hydrogens is 276 g/mol. The van der Waals surface area contributed by atoms with Gasteiger partial charge < -0.3 is 9.73 Å². The van der Waals surface area contributed by atoms with Crippen LogP contribution in [-0.4, -0.2) is 11.1 Å². The number of hydrogen-bond donors (Lipinski definition) is 1. The highest BCUT2D eigenvalue weighted by Gasteiger charge is 2.07. The minimum atomic E-state index is -0.334. The molecule has 0 bridgehead atoms. The third-order valence-corrected chi connectivity index (χ3v) is 3.30. The number of hydrogen-bond acceptors (Lipinski definition) is 3. The molecule has 0 fully saturated rings. The molecule has 0 radical (unpaired) electrons. The standard InChI is InChI=1S/C15H13ClN2O2/c16-11-4-3-5-12(10-11)17-8-9-18-13-6-1-2-7-14(13)20-15(18)19/h1-7,10,17H,8-9H2. The van der Waals surface area contributed by atoms with Crippen LogP contribution in [0.4, 0.5) is 5.69 Å². The summed E-state index contributed by atoms with van der Waals surface area (Å²) in [5.41, 5.74) is 2.35. The van der Waals surface area contributed by atoms with E-state index >= 15 is 0 Å². The Morgan fingerprint density at radius 1 is 1.15 bits per heavy atom. The molecule has 0 atom stereocenters. The van der Waals surface area contributed by atoms with Gasteiger partial charge in [0.25, 0.3) is 0 Å². The Morgan fingerprint density at radius 2 is 2.00 bits per heavy atom. The van der Waals surface area contributed by atoms with Crippen LogP contribution in [0.25, 0.3) is 11.1 Å². The molecule has 3 aromatic rings. The predicted molar refractivity (Wildman–Crippen MR) is 80.4 cm³/mol. The molecule has 0 saturated heterocycles. The fraction of sp³-hybridized carbons (Fsp3) is 0.133. The zero-order valence-corrected chi connectivity index (χ0v) is 11.4. The maximum Gasteiger partial charge on any atom is 0.420 e. The molecule has 0 unspecified atom stereocenters. The highest BCUT2D eigenvalue weighted by atomic mass is 35.5. The van der Waals surface area contributed by atoms with Crippen LogP contribution in [0.15, 0.2) is 57.7 Å². The van der Waals surface area contributed by atoms with Crippen LogP contribution < -0.4 is 11.1 Å². The quantitative estimate of drug-likeness (QED) is 0.801. The lowest BCUT2D eigenvalue weighted by Crippen LogP contribution is -2.19. The molecular formula is C15H13ClN2O2. The molecule has 20 heavy (non-hydrogen) atoms. The van der Waals surface area contributed by atoms with Crippen molar-refractivity contribution in [3.63, 3.8) is 0 Å². The number of nitrogens with zero attached hydrogens (tertiary/aromatic N) is 1. The van der Waals surface area contributed by atoms with Gasteiger partial charge in [-0.15, -0.1) is 0 Å². The van der Waals surface area contributed by atoms with E-state index in [0.29, 0.717) is 23.7 Å². The van der Waals surface area contributed by atoms with Crippen molar-refractivity contribution in [3.05, 3.63) is 64.1 Å². The normalized spacial score (nSPS) is 10.8. The van der Waals surface area contributed by atoms with Crippen LogP contribution in [-0.2, 0) is 6.54 Å². The summed E-state index contributed by atoms with van der Waals surface area (Å²) in [6, 6.07) is 14.9. The van der Waals surface area contributed by atoms with E-state index in [1.807, 2.05) is 42.5 Å².